The van der Waals surface area contributed by atoms with Crippen molar-refractivity contribution in [2.45, 2.75) is 4.90 Å². The van der Waals surface area contributed by atoms with Crippen molar-refractivity contribution in [1.29, 1.82) is 0 Å². The number of ether oxygens (including phenoxy) is 1. The normalized spacial score (nSPS) is 11.6. The van der Waals surface area contributed by atoms with Gasteiger partial charge in [0.05, 0.1) is 18.2 Å². The number of nitrogens with one attached hydrogen (secondary N) is 1. The van der Waals surface area contributed by atoms with Gasteiger partial charge in [-0.3, -0.25) is 4.68 Å². The summed E-state index contributed by atoms with van der Waals surface area (Å²) in [6, 6.07) is 9.89. The molecule has 9 nitrogen and oxygen atoms in total. The summed E-state index contributed by atoms with van der Waals surface area (Å²) in [7, 11) is -0.292. The minimum absolute atomic E-state index is 0.0343. The largest absolute Gasteiger partial charge is 0.494 e. The smallest absolute Gasteiger partial charge is 0.238 e. The van der Waals surface area contributed by atoms with Crippen LogP contribution >= 0.6 is 0 Å². The van der Waals surface area contributed by atoms with Crippen LogP contribution in [0, 0.1) is 0 Å². The predicted octanol–water partition coefficient (Wildman–Crippen LogP) is 2.43. The van der Waals surface area contributed by atoms with Gasteiger partial charge in [0.2, 0.25) is 16.0 Å². The predicted molar refractivity (Wildman–Crippen MR) is 109 cm³/mol. The summed E-state index contributed by atoms with van der Waals surface area (Å²) in [5.74, 6) is 0.963. The number of nitrogens with two attached hydrogens (primary N) is 1. The molecule has 148 valence electrons. The van der Waals surface area contributed by atoms with E-state index < -0.39 is 10.0 Å². The molecular weight excluding hydrogens is 392 g/mol. The standard InChI is InChI=1S/C19H18N6O3S/c1-25-11-14(10-22-25)12-7-13-9-21-19(24-18(13)17(8-12)28-2)23-15-3-5-16(6-4-15)29(20,26)27/h3-11H,1-2H3,(H2,20,26,27)(H,21,23,24). The summed E-state index contributed by atoms with van der Waals surface area (Å²) in [6.07, 6.45) is 5.40. The topological polar surface area (TPSA) is 125 Å². The Morgan fingerprint density at radius 3 is 2.48 bits per heavy atom. The summed E-state index contributed by atoms with van der Waals surface area (Å²) in [4.78, 5) is 8.92. The van der Waals surface area contributed by atoms with Crippen LogP contribution in [0.5, 0.6) is 5.75 Å². The van der Waals surface area contributed by atoms with E-state index in [1.165, 1.54) is 12.1 Å². The number of fused-ring (bicyclic) bond motifs is 1. The number of primary sulfonamides is 1. The fourth-order valence-corrected chi connectivity index (χ4v) is 3.44. The van der Waals surface area contributed by atoms with Crippen LogP contribution in [0.2, 0.25) is 0 Å². The first-order valence-corrected chi connectivity index (χ1v) is 10.1. The maximum Gasteiger partial charge on any atom is 0.238 e. The minimum atomic E-state index is -3.74. The van der Waals surface area contributed by atoms with Crippen molar-refractivity contribution in [2.24, 2.45) is 12.2 Å². The highest BCUT2D eigenvalue weighted by Crippen LogP contribution is 2.31. The maximum atomic E-state index is 11.4. The number of methoxy groups -OCH3 is 1. The van der Waals surface area contributed by atoms with Crippen LogP contribution in [0.15, 0.2) is 59.9 Å². The first-order valence-electron chi connectivity index (χ1n) is 8.57. The Bertz CT molecular complexity index is 1300. The Hall–Kier alpha value is -3.50. The van der Waals surface area contributed by atoms with Crippen molar-refractivity contribution in [3.8, 4) is 16.9 Å². The molecule has 0 fully saturated rings. The number of nitrogens with zero attached hydrogens (tertiary/aromatic N) is 4. The van der Waals surface area contributed by atoms with E-state index in [0.29, 0.717) is 22.9 Å². The molecule has 0 atom stereocenters. The molecule has 10 heteroatoms. The van der Waals surface area contributed by atoms with Gasteiger partial charge in [-0.05, 0) is 42.0 Å². The Balaban J connectivity index is 1.68. The van der Waals surface area contributed by atoms with Gasteiger partial charge >= 0.3 is 0 Å². The number of anilines is 2. The van der Waals surface area contributed by atoms with E-state index in [1.807, 2.05) is 25.4 Å². The molecule has 0 saturated heterocycles. The van der Waals surface area contributed by atoms with Gasteiger partial charge < -0.3 is 10.1 Å². The molecule has 0 aliphatic rings. The summed E-state index contributed by atoms with van der Waals surface area (Å²) in [6.45, 7) is 0. The van der Waals surface area contributed by atoms with Gasteiger partial charge in [-0.25, -0.2) is 23.5 Å². The van der Waals surface area contributed by atoms with E-state index in [0.717, 1.165) is 16.5 Å². The molecule has 4 rings (SSSR count). The number of aromatic nitrogens is 4. The second-order valence-electron chi connectivity index (χ2n) is 6.41. The van der Waals surface area contributed by atoms with Crippen molar-refractivity contribution in [1.82, 2.24) is 19.7 Å². The lowest BCUT2D eigenvalue weighted by molar-refractivity contribution is 0.419. The van der Waals surface area contributed by atoms with Gasteiger partial charge in [-0.2, -0.15) is 5.10 Å². The van der Waals surface area contributed by atoms with E-state index in [-0.39, 0.29) is 4.90 Å². The van der Waals surface area contributed by atoms with Crippen LogP contribution in [0.1, 0.15) is 0 Å². The van der Waals surface area contributed by atoms with Gasteiger partial charge in [0, 0.05) is 36.1 Å². The zero-order valence-corrected chi connectivity index (χ0v) is 16.5. The van der Waals surface area contributed by atoms with Crippen molar-refractivity contribution in [3.05, 3.63) is 55.0 Å². The Kier molecular flexibility index (Phi) is 4.65. The lowest BCUT2D eigenvalue weighted by Crippen LogP contribution is -2.11. The fraction of sp³-hybridized carbons (Fsp3) is 0.105. The molecule has 0 aliphatic carbocycles. The Morgan fingerprint density at radius 1 is 1.10 bits per heavy atom. The number of hydrogen-bond donors (Lipinski definition) is 2. The van der Waals surface area contributed by atoms with Crippen LogP contribution in [0.25, 0.3) is 22.0 Å². The monoisotopic (exact) mass is 410 g/mol. The van der Waals surface area contributed by atoms with E-state index in [2.05, 4.69) is 20.4 Å². The highest BCUT2D eigenvalue weighted by molar-refractivity contribution is 7.89. The van der Waals surface area contributed by atoms with Gasteiger partial charge in [-0.15, -0.1) is 0 Å². The first-order chi connectivity index (χ1) is 13.8. The summed E-state index contributed by atoms with van der Waals surface area (Å²) in [5, 5.41) is 13.2. The number of rotatable bonds is 5. The SMILES string of the molecule is COc1cc(-c2cnn(C)c2)cc2cnc(Nc3ccc(S(N)(=O)=O)cc3)nc12. The molecule has 0 spiro atoms. The molecular formula is C19H18N6O3S. The molecule has 2 heterocycles. The summed E-state index contributed by atoms with van der Waals surface area (Å²) in [5.41, 5.74) is 3.19. The zero-order valence-electron chi connectivity index (χ0n) is 15.7. The highest BCUT2D eigenvalue weighted by Gasteiger charge is 2.12. The molecule has 2 aromatic heterocycles. The Labute approximate surface area is 167 Å². The third-order valence-electron chi connectivity index (χ3n) is 4.35. The van der Waals surface area contributed by atoms with E-state index in [4.69, 9.17) is 9.88 Å². The van der Waals surface area contributed by atoms with Crippen molar-refractivity contribution >= 4 is 32.6 Å². The van der Waals surface area contributed by atoms with Gasteiger partial charge in [0.25, 0.3) is 0 Å². The van der Waals surface area contributed by atoms with E-state index in [9.17, 15) is 8.42 Å². The molecule has 0 unspecified atom stereocenters. The molecule has 29 heavy (non-hydrogen) atoms. The van der Waals surface area contributed by atoms with Crippen LogP contribution in [0.3, 0.4) is 0 Å². The highest BCUT2D eigenvalue weighted by atomic mass is 32.2. The molecule has 2 aromatic carbocycles. The van der Waals surface area contributed by atoms with Crippen molar-refractivity contribution < 1.29 is 13.2 Å². The van der Waals surface area contributed by atoms with Crippen LogP contribution in [0.4, 0.5) is 11.6 Å². The molecule has 0 aliphatic heterocycles. The van der Waals surface area contributed by atoms with Gasteiger partial charge in [0.15, 0.2) is 0 Å². The third-order valence-corrected chi connectivity index (χ3v) is 5.27. The van der Waals surface area contributed by atoms with Crippen molar-refractivity contribution in [2.75, 3.05) is 12.4 Å². The van der Waals surface area contributed by atoms with Gasteiger partial charge in [0.1, 0.15) is 11.3 Å². The number of benzene rings is 2. The second-order valence-corrected chi connectivity index (χ2v) is 7.97. The van der Waals surface area contributed by atoms with Crippen LogP contribution in [-0.4, -0.2) is 35.3 Å². The van der Waals surface area contributed by atoms with E-state index >= 15 is 0 Å². The lowest BCUT2D eigenvalue weighted by Gasteiger charge is -2.10. The summed E-state index contributed by atoms with van der Waals surface area (Å²) >= 11 is 0. The lowest BCUT2D eigenvalue weighted by atomic mass is 10.1. The quantitative estimate of drug-likeness (QED) is 0.517. The minimum Gasteiger partial charge on any atom is -0.494 e. The molecule has 3 N–H and O–H groups in total. The first kappa shape index (κ1) is 18.8. The third kappa shape index (κ3) is 3.89. The average molecular weight is 410 g/mol. The number of sulfonamides is 1. The Morgan fingerprint density at radius 2 is 1.86 bits per heavy atom. The van der Waals surface area contributed by atoms with E-state index in [1.54, 1.807) is 36.3 Å². The van der Waals surface area contributed by atoms with Crippen LogP contribution < -0.4 is 15.2 Å². The van der Waals surface area contributed by atoms with Crippen LogP contribution in [-0.2, 0) is 17.1 Å². The molecule has 0 saturated carbocycles. The zero-order chi connectivity index (χ0) is 20.6. The fourth-order valence-electron chi connectivity index (χ4n) is 2.92. The molecule has 0 amide bonds. The van der Waals surface area contributed by atoms with Crippen molar-refractivity contribution in [3.63, 3.8) is 0 Å². The average Bonchev–Trinajstić information content (AvgIpc) is 3.13. The second kappa shape index (κ2) is 7.15. The molecule has 4 aromatic rings. The van der Waals surface area contributed by atoms with Gasteiger partial charge in [-0.1, -0.05) is 0 Å². The molecule has 0 radical (unpaired) electrons. The summed E-state index contributed by atoms with van der Waals surface area (Å²) < 4.78 is 30.0. The number of hydrogen-bond acceptors (Lipinski definition) is 7. The maximum absolute atomic E-state index is 11.4. The number of aryl methyl sites for hydroxylation is 1. The molecule has 0 bridgehead atoms.